The third-order valence-electron chi connectivity index (χ3n) is 5.35. The van der Waals surface area contributed by atoms with Gasteiger partial charge in [0.15, 0.2) is 0 Å². The van der Waals surface area contributed by atoms with E-state index in [0.717, 1.165) is 45.4 Å². The van der Waals surface area contributed by atoms with Gasteiger partial charge in [-0.15, -0.1) is 0 Å². The molecule has 3 atom stereocenters. The third-order valence-corrected chi connectivity index (χ3v) is 5.35. The molecule has 23 heavy (non-hydrogen) atoms. The van der Waals surface area contributed by atoms with Crippen molar-refractivity contribution in [2.45, 2.75) is 90.1 Å². The van der Waals surface area contributed by atoms with Crippen LogP contribution in [0.25, 0.3) is 0 Å². The van der Waals surface area contributed by atoms with Gasteiger partial charge in [-0.2, -0.15) is 0 Å². The van der Waals surface area contributed by atoms with E-state index in [1.165, 1.54) is 6.42 Å². The van der Waals surface area contributed by atoms with Crippen molar-refractivity contribution in [1.29, 1.82) is 0 Å². The van der Waals surface area contributed by atoms with Gasteiger partial charge in [0.25, 0.3) is 0 Å². The van der Waals surface area contributed by atoms with E-state index in [1.807, 2.05) is 0 Å². The molecular formula is C19H39NO3. The van der Waals surface area contributed by atoms with Gasteiger partial charge in [-0.1, -0.05) is 13.8 Å². The fourth-order valence-electron chi connectivity index (χ4n) is 3.28. The Bertz CT molecular complexity index is 335. The predicted octanol–water partition coefficient (Wildman–Crippen LogP) is 3.88. The molecule has 0 aliphatic carbocycles. The second kappa shape index (κ2) is 9.36. The van der Waals surface area contributed by atoms with Gasteiger partial charge in [0.05, 0.1) is 23.9 Å². The zero-order valence-electron chi connectivity index (χ0n) is 16.5. The van der Waals surface area contributed by atoms with Gasteiger partial charge in [-0.05, 0) is 59.9 Å². The average molecular weight is 330 g/mol. The molecule has 138 valence electrons. The topological polar surface area (TPSA) is 30.9 Å². The summed E-state index contributed by atoms with van der Waals surface area (Å²) in [5.74, 6) is 0. The molecule has 3 unspecified atom stereocenters. The van der Waals surface area contributed by atoms with Crippen molar-refractivity contribution < 1.29 is 14.2 Å². The zero-order chi connectivity index (χ0) is 17.5. The minimum Gasteiger partial charge on any atom is -0.385 e. The van der Waals surface area contributed by atoms with Crippen LogP contribution >= 0.6 is 0 Å². The monoisotopic (exact) mass is 329 g/mol. The summed E-state index contributed by atoms with van der Waals surface area (Å²) < 4.78 is 17.7. The maximum Gasteiger partial charge on any atom is 0.0724 e. The first-order valence-electron chi connectivity index (χ1n) is 9.26. The fourth-order valence-corrected chi connectivity index (χ4v) is 3.28. The van der Waals surface area contributed by atoms with Crippen molar-refractivity contribution in [3.63, 3.8) is 0 Å². The average Bonchev–Trinajstić information content (AvgIpc) is 2.84. The Balaban J connectivity index is 2.42. The van der Waals surface area contributed by atoms with E-state index in [1.54, 1.807) is 7.11 Å². The van der Waals surface area contributed by atoms with E-state index in [4.69, 9.17) is 14.2 Å². The van der Waals surface area contributed by atoms with Crippen LogP contribution in [0, 0.1) is 0 Å². The summed E-state index contributed by atoms with van der Waals surface area (Å²) >= 11 is 0. The second-order valence-electron chi connectivity index (χ2n) is 7.88. The van der Waals surface area contributed by atoms with E-state index < -0.39 is 0 Å². The Labute approximate surface area is 143 Å². The van der Waals surface area contributed by atoms with Crippen LogP contribution in [0.1, 0.15) is 66.7 Å². The van der Waals surface area contributed by atoms with Crippen molar-refractivity contribution in [1.82, 2.24) is 4.90 Å². The lowest BCUT2D eigenvalue weighted by Gasteiger charge is -2.34. The molecule has 0 spiro atoms. The Kier molecular flexibility index (Phi) is 8.50. The summed E-state index contributed by atoms with van der Waals surface area (Å²) in [5, 5.41) is 0. The lowest BCUT2D eigenvalue weighted by atomic mass is 9.98. The first kappa shape index (κ1) is 20.9. The number of likely N-dealkylation sites (N-methyl/N-ethyl adjacent to an activating group) is 1. The summed E-state index contributed by atoms with van der Waals surface area (Å²) in [6.07, 6.45) is 5.59. The molecule has 1 fully saturated rings. The number of methoxy groups -OCH3 is 1. The molecule has 0 radical (unpaired) electrons. The number of hydrogen-bond acceptors (Lipinski definition) is 4. The van der Waals surface area contributed by atoms with Crippen LogP contribution in [-0.2, 0) is 14.2 Å². The van der Waals surface area contributed by atoms with Crippen LogP contribution in [-0.4, -0.2) is 62.2 Å². The van der Waals surface area contributed by atoms with Crippen molar-refractivity contribution in [3.05, 3.63) is 0 Å². The molecule has 0 saturated carbocycles. The Morgan fingerprint density at radius 2 is 1.78 bits per heavy atom. The van der Waals surface area contributed by atoms with Crippen LogP contribution in [0.2, 0.25) is 0 Å². The number of ether oxygens (including phenoxy) is 3. The minimum atomic E-state index is -0.133. The van der Waals surface area contributed by atoms with Crippen LogP contribution < -0.4 is 0 Å². The van der Waals surface area contributed by atoms with Crippen LogP contribution in [0.5, 0.6) is 0 Å². The normalized spacial score (nSPS) is 25.7. The van der Waals surface area contributed by atoms with Crippen molar-refractivity contribution in [2.75, 3.05) is 33.9 Å². The van der Waals surface area contributed by atoms with E-state index in [9.17, 15) is 0 Å². The largest absolute Gasteiger partial charge is 0.385 e. The summed E-state index contributed by atoms with van der Waals surface area (Å²) in [6.45, 7) is 13.5. The quantitative estimate of drug-likeness (QED) is 0.576. The number of rotatable bonds is 11. The highest BCUT2D eigenvalue weighted by Gasteiger charge is 2.34. The van der Waals surface area contributed by atoms with Gasteiger partial charge in [0.2, 0.25) is 0 Å². The molecule has 1 aliphatic rings. The molecule has 0 aromatic heterocycles. The summed E-state index contributed by atoms with van der Waals surface area (Å²) in [7, 11) is 3.95. The van der Waals surface area contributed by atoms with Crippen LogP contribution in [0.4, 0.5) is 0 Å². The lowest BCUT2D eigenvalue weighted by molar-refractivity contribution is -0.111. The highest BCUT2D eigenvalue weighted by Crippen LogP contribution is 2.29. The van der Waals surface area contributed by atoms with Gasteiger partial charge in [-0.25, -0.2) is 0 Å². The smallest absolute Gasteiger partial charge is 0.0724 e. The Hall–Kier alpha value is -0.160. The summed E-state index contributed by atoms with van der Waals surface area (Å²) in [5.41, 5.74) is -0.225. The summed E-state index contributed by atoms with van der Waals surface area (Å²) in [6, 6.07) is 0.672. The standard InChI is InChI=1S/C19H39NO3/c1-8-16-14-17(15-20(16)6)23-19(5,9-2)11-13-22-18(3,4)10-12-21-7/h16-17H,8-15H2,1-7H3. The summed E-state index contributed by atoms with van der Waals surface area (Å²) in [4.78, 5) is 2.44. The first-order valence-corrected chi connectivity index (χ1v) is 9.26. The van der Waals surface area contributed by atoms with E-state index in [0.29, 0.717) is 12.1 Å². The van der Waals surface area contributed by atoms with Gasteiger partial charge < -0.3 is 19.1 Å². The molecule has 4 nitrogen and oxygen atoms in total. The lowest BCUT2D eigenvalue weighted by Crippen LogP contribution is -2.37. The minimum absolute atomic E-state index is 0.0918. The molecule has 0 N–H and O–H groups in total. The number of likely N-dealkylation sites (tertiary alicyclic amines) is 1. The highest BCUT2D eigenvalue weighted by molar-refractivity contribution is 4.86. The van der Waals surface area contributed by atoms with Crippen molar-refractivity contribution in [3.8, 4) is 0 Å². The Morgan fingerprint density at radius 1 is 1.09 bits per heavy atom. The molecule has 1 heterocycles. The van der Waals surface area contributed by atoms with Gasteiger partial charge >= 0.3 is 0 Å². The highest BCUT2D eigenvalue weighted by atomic mass is 16.5. The first-order chi connectivity index (χ1) is 10.7. The zero-order valence-corrected chi connectivity index (χ0v) is 16.5. The predicted molar refractivity (Wildman–Crippen MR) is 96.0 cm³/mol. The molecule has 1 saturated heterocycles. The molecular weight excluding hydrogens is 290 g/mol. The molecule has 1 rings (SSSR count). The maximum absolute atomic E-state index is 6.50. The molecule has 0 aromatic rings. The molecule has 0 bridgehead atoms. The molecule has 4 heteroatoms. The second-order valence-corrected chi connectivity index (χ2v) is 7.88. The molecule has 1 aliphatic heterocycles. The van der Waals surface area contributed by atoms with E-state index >= 15 is 0 Å². The van der Waals surface area contributed by atoms with Gasteiger partial charge in [0, 0.05) is 26.3 Å². The Morgan fingerprint density at radius 3 is 2.30 bits per heavy atom. The van der Waals surface area contributed by atoms with Crippen molar-refractivity contribution in [2.24, 2.45) is 0 Å². The maximum atomic E-state index is 6.50. The fraction of sp³-hybridized carbons (Fsp3) is 1.00. The van der Waals surface area contributed by atoms with E-state index in [2.05, 4.69) is 46.6 Å². The number of hydrogen-bond donors (Lipinski definition) is 0. The van der Waals surface area contributed by atoms with E-state index in [-0.39, 0.29) is 11.2 Å². The number of nitrogens with zero attached hydrogens (tertiary/aromatic N) is 1. The van der Waals surface area contributed by atoms with Gasteiger partial charge in [-0.3, -0.25) is 0 Å². The SMILES string of the molecule is CCC1CC(OC(C)(CC)CCOC(C)(C)CCOC)CN1C. The van der Waals surface area contributed by atoms with Crippen molar-refractivity contribution >= 4 is 0 Å². The van der Waals surface area contributed by atoms with Crippen LogP contribution in [0.3, 0.4) is 0 Å². The molecule has 0 amide bonds. The van der Waals surface area contributed by atoms with Crippen LogP contribution in [0.15, 0.2) is 0 Å². The third kappa shape index (κ3) is 7.08. The van der Waals surface area contributed by atoms with Gasteiger partial charge in [0.1, 0.15) is 0 Å². The molecule has 0 aromatic carbocycles.